The van der Waals surface area contributed by atoms with Gasteiger partial charge in [-0.3, -0.25) is 0 Å². The van der Waals surface area contributed by atoms with E-state index in [-0.39, 0.29) is 0 Å². The lowest BCUT2D eigenvalue weighted by molar-refractivity contribution is 0.452. The van der Waals surface area contributed by atoms with Crippen LogP contribution >= 0.6 is 0 Å². The predicted molar refractivity (Wildman–Crippen MR) is 195 cm³/mol. The maximum Gasteiger partial charge on any atom is 0.227 e. The molecule has 1 saturated carbocycles. The minimum absolute atomic E-state index is 0.350. The largest absolute Gasteiger partial charge is 0.437 e. The van der Waals surface area contributed by atoms with Gasteiger partial charge in [0.1, 0.15) is 11.4 Å². The van der Waals surface area contributed by atoms with Crippen LogP contribution < -0.4 is 0 Å². The van der Waals surface area contributed by atoms with Crippen molar-refractivity contribution < 1.29 is 4.42 Å². The summed E-state index contributed by atoms with van der Waals surface area (Å²) in [6, 6.07) is 37.2. The van der Waals surface area contributed by atoms with Gasteiger partial charge < -0.3 is 8.98 Å². The summed E-state index contributed by atoms with van der Waals surface area (Å²) < 4.78 is 9.12. The van der Waals surface area contributed by atoms with Gasteiger partial charge in [0.15, 0.2) is 0 Å². The SMILES string of the molecule is CC(C)c1c(Cn2c(-c3cccc4c3oc3nc(C(C)C5CCCC5)ccc34)nc3ccccc32)c2ccccc2c2ccccc12. The molecule has 232 valence electrons. The highest BCUT2D eigenvalue weighted by Gasteiger charge is 2.26. The molecule has 9 rings (SSSR count). The molecule has 0 spiro atoms. The van der Waals surface area contributed by atoms with Gasteiger partial charge >= 0.3 is 0 Å². The number of benzene rings is 5. The average molecular weight is 614 g/mol. The lowest BCUT2D eigenvalue weighted by Crippen LogP contribution is -2.08. The van der Waals surface area contributed by atoms with Gasteiger partial charge in [-0.05, 0) is 87.7 Å². The Balaban J connectivity index is 1.26. The van der Waals surface area contributed by atoms with E-state index >= 15 is 0 Å². The van der Waals surface area contributed by atoms with Crippen molar-refractivity contribution in [1.82, 2.24) is 14.5 Å². The molecule has 3 aromatic heterocycles. The maximum absolute atomic E-state index is 6.72. The van der Waals surface area contributed by atoms with Gasteiger partial charge in [0.2, 0.25) is 5.71 Å². The number of imidazole rings is 1. The number of hydrogen-bond donors (Lipinski definition) is 0. The average Bonchev–Trinajstić information content (AvgIpc) is 3.86. The van der Waals surface area contributed by atoms with Crippen LogP contribution in [-0.2, 0) is 6.54 Å². The first kappa shape index (κ1) is 28.3. The fraction of sp³-hybridized carbons (Fsp3) is 0.256. The monoisotopic (exact) mass is 613 g/mol. The molecule has 8 aromatic rings. The zero-order valence-electron chi connectivity index (χ0n) is 27.3. The fourth-order valence-corrected chi connectivity index (χ4v) is 8.49. The van der Waals surface area contributed by atoms with E-state index in [1.807, 2.05) is 0 Å². The molecule has 3 heterocycles. The van der Waals surface area contributed by atoms with E-state index in [0.29, 0.717) is 24.3 Å². The fourth-order valence-electron chi connectivity index (χ4n) is 8.49. The topological polar surface area (TPSA) is 43.9 Å². The molecule has 5 aromatic carbocycles. The summed E-state index contributed by atoms with van der Waals surface area (Å²) in [5.41, 5.74) is 8.57. The Hall–Kier alpha value is -4.96. The first-order valence-corrected chi connectivity index (χ1v) is 17.3. The van der Waals surface area contributed by atoms with Crippen LogP contribution in [0, 0.1) is 5.92 Å². The smallest absolute Gasteiger partial charge is 0.227 e. The number of hydrogen-bond acceptors (Lipinski definition) is 3. The third-order valence-corrected chi connectivity index (χ3v) is 10.8. The van der Waals surface area contributed by atoms with Crippen molar-refractivity contribution >= 4 is 54.6 Å². The van der Waals surface area contributed by atoms with Crippen LogP contribution in [-0.4, -0.2) is 14.5 Å². The minimum atomic E-state index is 0.350. The quantitative estimate of drug-likeness (QED) is 0.175. The molecule has 1 aliphatic rings. The van der Waals surface area contributed by atoms with E-state index in [1.165, 1.54) is 58.4 Å². The molecule has 1 unspecified atom stereocenters. The summed E-state index contributed by atoms with van der Waals surface area (Å²) in [5, 5.41) is 7.38. The highest BCUT2D eigenvalue weighted by molar-refractivity contribution is 6.11. The zero-order valence-corrected chi connectivity index (χ0v) is 27.3. The predicted octanol–water partition coefficient (Wildman–Crippen LogP) is 11.8. The van der Waals surface area contributed by atoms with E-state index in [0.717, 1.165) is 50.2 Å². The van der Waals surface area contributed by atoms with E-state index in [1.54, 1.807) is 0 Å². The number of para-hydroxylation sites is 3. The molecule has 0 N–H and O–H groups in total. The van der Waals surface area contributed by atoms with Crippen LogP contribution in [0.3, 0.4) is 0 Å². The summed E-state index contributed by atoms with van der Waals surface area (Å²) in [7, 11) is 0. The Kier molecular flexibility index (Phi) is 6.67. The molecule has 1 atom stereocenters. The van der Waals surface area contributed by atoms with Gasteiger partial charge in [-0.2, -0.15) is 0 Å². The maximum atomic E-state index is 6.72. The molecule has 1 fully saturated rings. The molecule has 0 bridgehead atoms. The van der Waals surface area contributed by atoms with Crippen molar-refractivity contribution in [2.24, 2.45) is 5.92 Å². The number of fused-ring (bicyclic) bond motifs is 7. The van der Waals surface area contributed by atoms with Gasteiger partial charge in [-0.25, -0.2) is 9.97 Å². The van der Waals surface area contributed by atoms with Crippen LogP contribution in [0.15, 0.2) is 108 Å². The Morgan fingerprint density at radius 1 is 0.681 bits per heavy atom. The molecule has 0 radical (unpaired) electrons. The Labute approximate surface area is 275 Å². The van der Waals surface area contributed by atoms with E-state index in [9.17, 15) is 0 Å². The van der Waals surface area contributed by atoms with Crippen molar-refractivity contribution in [3.63, 3.8) is 0 Å². The van der Waals surface area contributed by atoms with Crippen molar-refractivity contribution in [2.75, 3.05) is 0 Å². The Morgan fingerprint density at radius 3 is 2.15 bits per heavy atom. The summed E-state index contributed by atoms with van der Waals surface area (Å²) in [6.45, 7) is 7.67. The lowest BCUT2D eigenvalue weighted by atomic mass is 9.86. The molecule has 1 aliphatic carbocycles. The summed E-state index contributed by atoms with van der Waals surface area (Å²) in [6.07, 6.45) is 5.26. The van der Waals surface area contributed by atoms with E-state index < -0.39 is 0 Å². The summed E-state index contributed by atoms with van der Waals surface area (Å²) >= 11 is 0. The van der Waals surface area contributed by atoms with E-state index in [2.05, 4.69) is 128 Å². The first-order chi connectivity index (χ1) is 23.1. The highest BCUT2D eigenvalue weighted by Crippen LogP contribution is 2.42. The van der Waals surface area contributed by atoms with Crippen LogP contribution in [0.1, 0.15) is 75.1 Å². The molecule has 4 heteroatoms. The van der Waals surface area contributed by atoms with Gasteiger partial charge in [-0.15, -0.1) is 0 Å². The Morgan fingerprint density at radius 2 is 1.36 bits per heavy atom. The Bertz CT molecular complexity index is 2460. The van der Waals surface area contributed by atoms with Crippen LogP contribution in [0.2, 0.25) is 0 Å². The number of furan rings is 1. The van der Waals surface area contributed by atoms with Crippen molar-refractivity contribution in [3.8, 4) is 11.4 Å². The van der Waals surface area contributed by atoms with Crippen molar-refractivity contribution in [3.05, 3.63) is 120 Å². The van der Waals surface area contributed by atoms with Crippen LogP contribution in [0.4, 0.5) is 0 Å². The molecule has 0 aliphatic heterocycles. The van der Waals surface area contributed by atoms with Crippen molar-refractivity contribution in [2.45, 2.75) is 64.8 Å². The third-order valence-electron chi connectivity index (χ3n) is 10.8. The van der Waals surface area contributed by atoms with Crippen LogP contribution in [0.5, 0.6) is 0 Å². The minimum Gasteiger partial charge on any atom is -0.437 e. The number of aromatic nitrogens is 3. The second-order valence-electron chi connectivity index (χ2n) is 13.9. The number of pyridine rings is 1. The molecule has 0 saturated heterocycles. The third kappa shape index (κ3) is 4.49. The highest BCUT2D eigenvalue weighted by atomic mass is 16.3. The van der Waals surface area contributed by atoms with Gasteiger partial charge in [0.05, 0.1) is 23.1 Å². The number of rotatable bonds is 6. The second kappa shape index (κ2) is 11.1. The zero-order chi connectivity index (χ0) is 31.6. The van der Waals surface area contributed by atoms with E-state index in [4.69, 9.17) is 14.4 Å². The summed E-state index contributed by atoms with van der Waals surface area (Å²) in [5.74, 6) is 2.42. The number of nitrogens with zero attached hydrogens (tertiary/aromatic N) is 3. The van der Waals surface area contributed by atoms with Crippen LogP contribution in [0.25, 0.3) is 66.0 Å². The molecule has 4 nitrogen and oxygen atoms in total. The second-order valence-corrected chi connectivity index (χ2v) is 13.9. The standard InChI is InChI=1S/C43H39N3O/c1-26(2)40-32-18-9-8-16-30(32)29-15-6-7-17-31(29)36(40)25-46-39-22-11-10-21-38(39)44-42(46)35-20-12-19-33-34-23-24-37(45-43(34)47-41(33)35)27(3)28-13-4-5-14-28/h6-12,15-24,26-28H,4-5,13-14,25H2,1-3H3. The molecule has 47 heavy (non-hydrogen) atoms. The lowest BCUT2D eigenvalue weighted by Gasteiger charge is -2.21. The summed E-state index contributed by atoms with van der Waals surface area (Å²) in [4.78, 5) is 10.4. The van der Waals surface area contributed by atoms with Gasteiger partial charge in [-0.1, -0.05) is 106 Å². The molecular weight excluding hydrogens is 574 g/mol. The normalized spacial score (nSPS) is 14.9. The van der Waals surface area contributed by atoms with Crippen molar-refractivity contribution in [1.29, 1.82) is 0 Å². The van der Waals surface area contributed by atoms with Gasteiger partial charge in [0, 0.05) is 22.4 Å². The molecular formula is C43H39N3O. The van der Waals surface area contributed by atoms with Gasteiger partial charge in [0.25, 0.3) is 0 Å². The molecule has 0 amide bonds. The first-order valence-electron chi connectivity index (χ1n) is 17.3.